The highest BCUT2D eigenvalue weighted by molar-refractivity contribution is 5.89. The van der Waals surface area contributed by atoms with Gasteiger partial charge in [-0.05, 0) is 37.1 Å². The molecule has 0 unspecified atom stereocenters. The van der Waals surface area contributed by atoms with Gasteiger partial charge in [0.25, 0.3) is 0 Å². The SMILES string of the molecule is Cc1ccc(-c2cnc(NC(=O)Cn3cccn3)n2C)cc1C. The molecule has 0 saturated carbocycles. The van der Waals surface area contributed by atoms with E-state index in [4.69, 9.17) is 0 Å². The minimum Gasteiger partial charge on any atom is -0.313 e. The fourth-order valence-electron chi connectivity index (χ4n) is 2.40. The van der Waals surface area contributed by atoms with Crippen molar-refractivity contribution in [2.45, 2.75) is 20.4 Å². The highest BCUT2D eigenvalue weighted by atomic mass is 16.2. The van der Waals surface area contributed by atoms with E-state index >= 15 is 0 Å². The quantitative estimate of drug-likeness (QED) is 0.805. The van der Waals surface area contributed by atoms with Crippen LogP contribution in [-0.2, 0) is 18.4 Å². The van der Waals surface area contributed by atoms with Crippen LogP contribution < -0.4 is 5.32 Å². The lowest BCUT2D eigenvalue weighted by atomic mass is 10.0. The van der Waals surface area contributed by atoms with Crippen molar-refractivity contribution in [2.75, 3.05) is 5.32 Å². The number of carbonyl (C=O) groups is 1. The van der Waals surface area contributed by atoms with E-state index < -0.39 is 0 Å². The minimum absolute atomic E-state index is 0.158. The van der Waals surface area contributed by atoms with Crippen molar-refractivity contribution < 1.29 is 4.79 Å². The van der Waals surface area contributed by atoms with E-state index in [0.29, 0.717) is 5.95 Å². The maximum Gasteiger partial charge on any atom is 0.248 e. The van der Waals surface area contributed by atoms with E-state index in [1.165, 1.54) is 11.1 Å². The normalized spacial score (nSPS) is 10.7. The van der Waals surface area contributed by atoms with Gasteiger partial charge < -0.3 is 4.57 Å². The highest BCUT2D eigenvalue weighted by Gasteiger charge is 2.12. The Morgan fingerprint density at radius 2 is 2.09 bits per heavy atom. The molecule has 0 aliphatic rings. The molecule has 0 radical (unpaired) electrons. The molecule has 6 heteroatoms. The smallest absolute Gasteiger partial charge is 0.248 e. The molecule has 0 bridgehead atoms. The first kappa shape index (κ1) is 15.0. The van der Waals surface area contributed by atoms with Crippen molar-refractivity contribution in [1.29, 1.82) is 0 Å². The fraction of sp³-hybridized carbons (Fsp3) is 0.235. The predicted molar refractivity (Wildman–Crippen MR) is 89.0 cm³/mol. The minimum atomic E-state index is -0.158. The second kappa shape index (κ2) is 6.08. The largest absolute Gasteiger partial charge is 0.313 e. The first-order valence-electron chi connectivity index (χ1n) is 7.41. The molecule has 0 atom stereocenters. The lowest BCUT2D eigenvalue weighted by Gasteiger charge is -2.09. The lowest BCUT2D eigenvalue weighted by molar-refractivity contribution is -0.117. The number of nitrogens with zero attached hydrogens (tertiary/aromatic N) is 4. The Balaban J connectivity index is 1.79. The van der Waals surface area contributed by atoms with Crippen molar-refractivity contribution in [3.05, 3.63) is 54.0 Å². The zero-order valence-corrected chi connectivity index (χ0v) is 13.4. The molecule has 0 spiro atoms. The van der Waals surface area contributed by atoms with Crippen LogP contribution >= 0.6 is 0 Å². The lowest BCUT2D eigenvalue weighted by Crippen LogP contribution is -2.21. The van der Waals surface area contributed by atoms with Crippen molar-refractivity contribution >= 4 is 11.9 Å². The van der Waals surface area contributed by atoms with E-state index in [1.54, 1.807) is 29.3 Å². The molecular formula is C17H19N5O. The number of aromatic nitrogens is 4. The maximum atomic E-state index is 12.1. The summed E-state index contributed by atoms with van der Waals surface area (Å²) >= 11 is 0. The Kier molecular flexibility index (Phi) is 3.97. The number of hydrogen-bond donors (Lipinski definition) is 1. The Morgan fingerprint density at radius 1 is 1.26 bits per heavy atom. The molecule has 1 N–H and O–H groups in total. The molecule has 1 amide bonds. The van der Waals surface area contributed by atoms with Gasteiger partial charge in [-0.2, -0.15) is 5.10 Å². The van der Waals surface area contributed by atoms with Gasteiger partial charge in [-0.1, -0.05) is 12.1 Å². The summed E-state index contributed by atoms with van der Waals surface area (Å²) in [4.78, 5) is 16.4. The Morgan fingerprint density at radius 3 is 2.78 bits per heavy atom. The third kappa shape index (κ3) is 3.15. The Labute approximate surface area is 134 Å². The summed E-state index contributed by atoms with van der Waals surface area (Å²) in [6.45, 7) is 4.34. The average molecular weight is 309 g/mol. The van der Waals surface area contributed by atoms with Crippen molar-refractivity contribution in [3.63, 3.8) is 0 Å². The van der Waals surface area contributed by atoms with Gasteiger partial charge in [0.15, 0.2) is 0 Å². The second-order valence-electron chi connectivity index (χ2n) is 5.58. The van der Waals surface area contributed by atoms with E-state index in [1.807, 2.05) is 11.6 Å². The van der Waals surface area contributed by atoms with E-state index in [-0.39, 0.29) is 12.5 Å². The molecule has 0 aliphatic heterocycles. The van der Waals surface area contributed by atoms with Crippen LogP contribution in [0.3, 0.4) is 0 Å². The topological polar surface area (TPSA) is 64.7 Å². The van der Waals surface area contributed by atoms with Crippen LogP contribution in [0.2, 0.25) is 0 Å². The predicted octanol–water partition coefficient (Wildman–Crippen LogP) is 2.54. The van der Waals surface area contributed by atoms with Gasteiger partial charge >= 0.3 is 0 Å². The van der Waals surface area contributed by atoms with Crippen LogP contribution in [0.25, 0.3) is 11.3 Å². The standard InChI is InChI=1S/C17H19N5O/c1-12-5-6-14(9-13(12)2)15-10-18-17(21(15)3)20-16(23)11-22-8-4-7-19-22/h4-10H,11H2,1-3H3,(H,18,20,23). The molecule has 2 heterocycles. The first-order valence-corrected chi connectivity index (χ1v) is 7.41. The van der Waals surface area contributed by atoms with Crippen LogP contribution in [0.4, 0.5) is 5.95 Å². The number of hydrogen-bond acceptors (Lipinski definition) is 3. The van der Waals surface area contributed by atoms with Crippen LogP contribution in [0.1, 0.15) is 11.1 Å². The van der Waals surface area contributed by atoms with Crippen molar-refractivity contribution in [3.8, 4) is 11.3 Å². The van der Waals surface area contributed by atoms with Gasteiger partial charge in [0.2, 0.25) is 11.9 Å². The summed E-state index contributed by atoms with van der Waals surface area (Å²) in [6, 6.07) is 8.07. The summed E-state index contributed by atoms with van der Waals surface area (Å²) in [5.74, 6) is 0.365. The number of aryl methyl sites for hydroxylation is 2. The molecule has 2 aromatic heterocycles. The number of benzene rings is 1. The average Bonchev–Trinajstić information content (AvgIpc) is 3.13. The summed E-state index contributed by atoms with van der Waals surface area (Å²) in [6.07, 6.45) is 5.16. The molecule has 118 valence electrons. The van der Waals surface area contributed by atoms with Gasteiger partial charge in [0, 0.05) is 25.0 Å². The monoisotopic (exact) mass is 309 g/mol. The molecule has 6 nitrogen and oxygen atoms in total. The summed E-state index contributed by atoms with van der Waals surface area (Å²) < 4.78 is 3.45. The van der Waals surface area contributed by atoms with Crippen LogP contribution in [0, 0.1) is 13.8 Å². The highest BCUT2D eigenvalue weighted by Crippen LogP contribution is 2.24. The number of carbonyl (C=O) groups excluding carboxylic acids is 1. The Hall–Kier alpha value is -2.89. The fourth-order valence-corrected chi connectivity index (χ4v) is 2.40. The van der Waals surface area contributed by atoms with Gasteiger partial charge in [-0.15, -0.1) is 0 Å². The zero-order valence-electron chi connectivity index (χ0n) is 13.4. The van der Waals surface area contributed by atoms with Crippen LogP contribution in [0.15, 0.2) is 42.9 Å². The van der Waals surface area contributed by atoms with Crippen molar-refractivity contribution in [2.24, 2.45) is 7.05 Å². The van der Waals surface area contributed by atoms with Gasteiger partial charge in [0.05, 0.1) is 11.9 Å². The van der Waals surface area contributed by atoms with Gasteiger partial charge in [0.1, 0.15) is 6.54 Å². The number of anilines is 1. The third-order valence-electron chi connectivity index (χ3n) is 3.91. The molecule has 3 aromatic rings. The molecule has 1 aromatic carbocycles. The summed E-state index contributed by atoms with van der Waals surface area (Å²) in [5, 5.41) is 6.84. The van der Waals surface area contributed by atoms with Crippen LogP contribution in [0.5, 0.6) is 0 Å². The maximum absolute atomic E-state index is 12.1. The third-order valence-corrected chi connectivity index (χ3v) is 3.91. The van der Waals surface area contributed by atoms with E-state index in [0.717, 1.165) is 11.3 Å². The number of rotatable bonds is 4. The Bertz CT molecular complexity index is 833. The molecule has 23 heavy (non-hydrogen) atoms. The van der Waals surface area contributed by atoms with Crippen molar-refractivity contribution in [1.82, 2.24) is 19.3 Å². The van der Waals surface area contributed by atoms with Crippen LogP contribution in [-0.4, -0.2) is 25.2 Å². The summed E-state index contributed by atoms with van der Waals surface area (Å²) in [5.41, 5.74) is 4.52. The summed E-state index contributed by atoms with van der Waals surface area (Å²) in [7, 11) is 1.89. The molecule has 0 aliphatic carbocycles. The van der Waals surface area contributed by atoms with Gasteiger partial charge in [-0.25, -0.2) is 4.98 Å². The van der Waals surface area contributed by atoms with E-state index in [2.05, 4.69) is 47.4 Å². The number of imidazole rings is 1. The number of nitrogens with one attached hydrogen (secondary N) is 1. The van der Waals surface area contributed by atoms with E-state index in [9.17, 15) is 4.79 Å². The molecule has 0 fully saturated rings. The zero-order chi connectivity index (χ0) is 16.4. The van der Waals surface area contributed by atoms with Gasteiger partial charge in [-0.3, -0.25) is 14.8 Å². The first-order chi connectivity index (χ1) is 11.0. The molecular weight excluding hydrogens is 290 g/mol. The number of amides is 1. The molecule has 0 saturated heterocycles. The molecule has 3 rings (SSSR count). The second-order valence-corrected chi connectivity index (χ2v) is 5.58.